The molecule has 4 heteroatoms. The van der Waals surface area contributed by atoms with Gasteiger partial charge >= 0.3 is 0 Å². The lowest BCUT2D eigenvalue weighted by Gasteiger charge is -2.44. The van der Waals surface area contributed by atoms with Gasteiger partial charge in [-0.25, -0.2) is 0 Å². The van der Waals surface area contributed by atoms with E-state index in [0.717, 1.165) is 25.7 Å². The van der Waals surface area contributed by atoms with E-state index < -0.39 is 13.9 Å². The molecule has 2 aliphatic rings. The van der Waals surface area contributed by atoms with Crippen molar-refractivity contribution in [3.05, 3.63) is 35.9 Å². The smallest absolute Gasteiger partial charge is 0.168 e. The summed E-state index contributed by atoms with van der Waals surface area (Å²) >= 11 is 0. The lowest BCUT2D eigenvalue weighted by atomic mass is 9.82. The van der Waals surface area contributed by atoms with E-state index in [-0.39, 0.29) is 6.10 Å². The molecule has 1 aromatic carbocycles. The summed E-state index contributed by atoms with van der Waals surface area (Å²) in [6, 6.07) is 10.3. The maximum atomic E-state index is 11.0. The summed E-state index contributed by atoms with van der Waals surface area (Å²) < 4.78 is 11.9. The minimum Gasteiger partial charge on any atom is -0.377 e. The van der Waals surface area contributed by atoms with Crippen LogP contribution in [0.5, 0.6) is 0 Å². The summed E-state index contributed by atoms with van der Waals surface area (Å²) in [6.07, 6.45) is 5.19. The molecule has 2 fully saturated rings. The van der Waals surface area contributed by atoms with Crippen LogP contribution in [0.1, 0.15) is 37.7 Å². The van der Waals surface area contributed by atoms with Crippen molar-refractivity contribution in [3.8, 4) is 0 Å². The van der Waals surface area contributed by atoms with E-state index >= 15 is 0 Å². The molecule has 24 heavy (non-hydrogen) atoms. The van der Waals surface area contributed by atoms with Gasteiger partial charge in [0, 0.05) is 27.0 Å². The molecule has 0 aromatic heterocycles. The summed E-state index contributed by atoms with van der Waals surface area (Å²) in [7, 11) is -1.27. The van der Waals surface area contributed by atoms with Crippen LogP contribution in [0, 0.1) is 5.92 Å². The predicted octanol–water partition coefficient (Wildman–Crippen LogP) is 4.58. The Morgan fingerprint density at radius 1 is 1.25 bits per heavy atom. The zero-order valence-electron chi connectivity index (χ0n) is 15.3. The van der Waals surface area contributed by atoms with Crippen molar-refractivity contribution in [2.75, 3.05) is 6.61 Å². The number of aliphatic hydroxyl groups is 1. The van der Waals surface area contributed by atoms with Crippen LogP contribution in [0.3, 0.4) is 0 Å². The Morgan fingerprint density at radius 3 is 2.71 bits per heavy atom. The number of hydrogen-bond donors (Lipinski definition) is 1. The molecular formula is C20H32O3Si. The molecule has 1 saturated heterocycles. The van der Waals surface area contributed by atoms with E-state index in [1.165, 1.54) is 12.0 Å². The van der Waals surface area contributed by atoms with E-state index in [1.54, 1.807) is 0 Å². The molecule has 1 aliphatic heterocycles. The van der Waals surface area contributed by atoms with Gasteiger partial charge < -0.3 is 14.6 Å². The Kier molecular flexibility index (Phi) is 5.50. The second kappa shape index (κ2) is 7.28. The highest BCUT2D eigenvalue weighted by Crippen LogP contribution is 2.53. The highest BCUT2D eigenvalue weighted by Gasteiger charge is 2.54. The Bertz CT molecular complexity index is 527. The topological polar surface area (TPSA) is 38.7 Å². The van der Waals surface area contributed by atoms with Crippen LogP contribution in [0.4, 0.5) is 0 Å². The average Bonchev–Trinajstić information content (AvgIpc) is 2.87. The lowest BCUT2D eigenvalue weighted by molar-refractivity contribution is -0.226. The first-order valence-electron chi connectivity index (χ1n) is 9.40. The first-order chi connectivity index (χ1) is 11.4. The van der Waals surface area contributed by atoms with Crippen LogP contribution in [-0.4, -0.2) is 31.7 Å². The predicted molar refractivity (Wildman–Crippen MR) is 99.6 cm³/mol. The molecule has 4 atom stereocenters. The average molecular weight is 349 g/mol. The van der Waals surface area contributed by atoms with Crippen molar-refractivity contribution in [3.63, 3.8) is 0 Å². The molecule has 3 rings (SSSR count). The van der Waals surface area contributed by atoms with Gasteiger partial charge in [-0.05, 0) is 30.4 Å². The summed E-state index contributed by atoms with van der Waals surface area (Å²) in [4.78, 5) is 0. The maximum Gasteiger partial charge on any atom is 0.168 e. The first-order valence-corrected chi connectivity index (χ1v) is 13.0. The molecule has 1 heterocycles. The fourth-order valence-corrected chi connectivity index (χ4v) is 7.26. The Balaban J connectivity index is 1.50. The molecule has 134 valence electrons. The molecule has 1 aromatic rings. The highest BCUT2D eigenvalue weighted by atomic mass is 28.3. The number of benzene rings is 1. The Hall–Kier alpha value is -0.683. The fraction of sp³-hybridized carbons (Fsp3) is 0.700. The third-order valence-electron chi connectivity index (χ3n) is 5.81. The molecule has 0 amide bonds. The molecule has 0 radical (unpaired) electrons. The number of fused-ring (bicyclic) bond motifs is 1. The lowest BCUT2D eigenvalue weighted by Crippen LogP contribution is -2.47. The van der Waals surface area contributed by atoms with Gasteiger partial charge in [-0.2, -0.15) is 0 Å². The summed E-state index contributed by atoms with van der Waals surface area (Å²) in [5, 5.41) is 11.0. The molecule has 1 saturated carbocycles. The SMILES string of the molecule is C[Si](C)(C)[C@H]1CCCC2(O)OC(CCOCc3ccccc3)C[C@H]12. The van der Waals surface area contributed by atoms with E-state index in [0.29, 0.717) is 24.7 Å². The Morgan fingerprint density at radius 2 is 2.00 bits per heavy atom. The summed E-state index contributed by atoms with van der Waals surface area (Å²) in [5.74, 6) is -0.537. The standard InChI is InChI=1S/C20H32O3Si/c1-24(2,3)19-10-7-12-20(21)18(19)14-17(23-20)11-13-22-15-16-8-5-4-6-9-16/h4-6,8-9,17-19,21H,7,10-15H2,1-3H3/t17?,18-,19+,20?/m1/s1. The summed E-state index contributed by atoms with van der Waals surface area (Å²) in [5.41, 5.74) is 1.88. The van der Waals surface area contributed by atoms with Gasteiger partial charge in [-0.15, -0.1) is 0 Å². The fourth-order valence-electron chi connectivity index (χ4n) is 4.58. The van der Waals surface area contributed by atoms with Gasteiger partial charge in [-0.1, -0.05) is 56.4 Å². The Labute approximate surface area is 147 Å². The van der Waals surface area contributed by atoms with Gasteiger partial charge in [0.05, 0.1) is 12.7 Å². The van der Waals surface area contributed by atoms with E-state index in [1.807, 2.05) is 18.2 Å². The highest BCUT2D eigenvalue weighted by molar-refractivity contribution is 6.77. The molecular weight excluding hydrogens is 316 g/mol. The van der Waals surface area contributed by atoms with Crippen molar-refractivity contribution < 1.29 is 14.6 Å². The number of hydrogen-bond acceptors (Lipinski definition) is 3. The first kappa shape index (κ1) is 18.1. The van der Waals surface area contributed by atoms with E-state index in [2.05, 4.69) is 31.8 Å². The number of ether oxygens (including phenoxy) is 2. The molecule has 1 aliphatic carbocycles. The quantitative estimate of drug-likeness (QED) is 0.604. The zero-order valence-corrected chi connectivity index (χ0v) is 16.3. The van der Waals surface area contributed by atoms with Gasteiger partial charge in [0.15, 0.2) is 5.79 Å². The van der Waals surface area contributed by atoms with Crippen LogP contribution in [0.2, 0.25) is 25.2 Å². The van der Waals surface area contributed by atoms with Crippen LogP contribution in [0.15, 0.2) is 30.3 Å². The second-order valence-electron chi connectivity index (χ2n) is 8.62. The van der Waals surface area contributed by atoms with Crippen LogP contribution >= 0.6 is 0 Å². The van der Waals surface area contributed by atoms with Crippen LogP contribution in [-0.2, 0) is 16.1 Å². The van der Waals surface area contributed by atoms with Gasteiger partial charge in [0.2, 0.25) is 0 Å². The molecule has 2 unspecified atom stereocenters. The van der Waals surface area contributed by atoms with Crippen molar-refractivity contribution in [1.82, 2.24) is 0 Å². The molecule has 0 spiro atoms. The second-order valence-corrected chi connectivity index (χ2v) is 14.1. The van der Waals surface area contributed by atoms with Crippen molar-refractivity contribution >= 4 is 8.07 Å². The number of rotatable bonds is 6. The normalized spacial score (nSPS) is 33.4. The van der Waals surface area contributed by atoms with Gasteiger partial charge in [0.25, 0.3) is 0 Å². The van der Waals surface area contributed by atoms with Crippen molar-refractivity contribution in [2.24, 2.45) is 5.92 Å². The van der Waals surface area contributed by atoms with Crippen molar-refractivity contribution in [2.45, 2.75) is 75.8 Å². The third kappa shape index (κ3) is 4.10. The van der Waals surface area contributed by atoms with Gasteiger partial charge in [-0.3, -0.25) is 0 Å². The maximum absolute atomic E-state index is 11.0. The largest absolute Gasteiger partial charge is 0.377 e. The van der Waals surface area contributed by atoms with Crippen LogP contribution in [0.25, 0.3) is 0 Å². The van der Waals surface area contributed by atoms with E-state index in [9.17, 15) is 5.11 Å². The minimum atomic E-state index is -1.27. The van der Waals surface area contributed by atoms with Crippen molar-refractivity contribution in [1.29, 1.82) is 0 Å². The molecule has 0 bridgehead atoms. The monoisotopic (exact) mass is 348 g/mol. The van der Waals surface area contributed by atoms with Gasteiger partial charge in [0.1, 0.15) is 0 Å². The van der Waals surface area contributed by atoms with E-state index in [4.69, 9.17) is 9.47 Å². The molecule has 3 nitrogen and oxygen atoms in total. The minimum absolute atomic E-state index is 0.146. The van der Waals surface area contributed by atoms with Crippen LogP contribution < -0.4 is 0 Å². The zero-order chi connectivity index (χ0) is 17.2. The third-order valence-corrected chi connectivity index (χ3v) is 8.73. The summed E-state index contributed by atoms with van der Waals surface area (Å²) in [6.45, 7) is 8.64. The molecule has 1 N–H and O–H groups in total.